The summed E-state index contributed by atoms with van der Waals surface area (Å²) in [5, 5.41) is 2.92. The number of amides is 1. The SMILES string of the molecule is Cc1ccc(NC(=O)c2c(N)c(C(=O)c3ccc(C)c(C)c3)n3ccccc23)cc1C. The normalized spacial score (nSPS) is 11.0. The van der Waals surface area contributed by atoms with Crippen LogP contribution in [0, 0.1) is 27.7 Å². The number of nitrogens with zero attached hydrogens (tertiary/aromatic N) is 1. The van der Waals surface area contributed by atoms with E-state index in [2.05, 4.69) is 5.32 Å². The molecule has 0 aliphatic rings. The lowest BCUT2D eigenvalue weighted by Crippen LogP contribution is -2.14. The van der Waals surface area contributed by atoms with Crippen molar-refractivity contribution in [3.8, 4) is 0 Å². The van der Waals surface area contributed by atoms with E-state index in [4.69, 9.17) is 5.73 Å². The highest BCUT2D eigenvalue weighted by molar-refractivity contribution is 6.20. The molecule has 0 atom stereocenters. The second kappa shape index (κ2) is 7.76. The highest BCUT2D eigenvalue weighted by atomic mass is 16.2. The fourth-order valence-corrected chi connectivity index (χ4v) is 3.73. The van der Waals surface area contributed by atoms with Crippen LogP contribution < -0.4 is 11.1 Å². The number of benzene rings is 2. The number of pyridine rings is 1. The molecule has 0 saturated carbocycles. The number of rotatable bonds is 4. The minimum absolute atomic E-state index is 0.177. The number of aromatic nitrogens is 1. The van der Waals surface area contributed by atoms with Gasteiger partial charge in [-0.3, -0.25) is 9.59 Å². The Labute approximate surface area is 181 Å². The predicted octanol–water partition coefficient (Wildman–Crippen LogP) is 5.24. The van der Waals surface area contributed by atoms with Crippen LogP contribution in [0.25, 0.3) is 5.52 Å². The number of nitrogen functional groups attached to an aromatic ring is 1. The second-order valence-corrected chi connectivity index (χ2v) is 7.97. The monoisotopic (exact) mass is 411 g/mol. The van der Waals surface area contributed by atoms with Gasteiger partial charge in [0.2, 0.25) is 5.78 Å². The van der Waals surface area contributed by atoms with Crippen LogP contribution in [0.2, 0.25) is 0 Å². The molecule has 2 heterocycles. The van der Waals surface area contributed by atoms with Crippen molar-refractivity contribution in [2.75, 3.05) is 11.1 Å². The van der Waals surface area contributed by atoms with Crippen molar-refractivity contribution in [1.29, 1.82) is 0 Å². The number of hydrogen-bond donors (Lipinski definition) is 2. The fourth-order valence-electron chi connectivity index (χ4n) is 3.73. The second-order valence-electron chi connectivity index (χ2n) is 7.97. The zero-order valence-electron chi connectivity index (χ0n) is 18.1. The van der Waals surface area contributed by atoms with E-state index in [1.165, 1.54) is 0 Å². The van der Waals surface area contributed by atoms with E-state index >= 15 is 0 Å². The number of aryl methyl sites for hydroxylation is 4. The Kier molecular flexibility index (Phi) is 5.11. The third kappa shape index (κ3) is 3.59. The first-order valence-electron chi connectivity index (χ1n) is 10.2. The van der Waals surface area contributed by atoms with Gasteiger partial charge in [-0.2, -0.15) is 0 Å². The molecule has 0 aliphatic heterocycles. The van der Waals surface area contributed by atoms with Gasteiger partial charge in [0.1, 0.15) is 5.69 Å². The minimum Gasteiger partial charge on any atom is -0.396 e. The lowest BCUT2D eigenvalue weighted by atomic mass is 10.0. The molecule has 5 heteroatoms. The Morgan fingerprint density at radius 3 is 2.19 bits per heavy atom. The zero-order valence-corrected chi connectivity index (χ0v) is 18.1. The van der Waals surface area contributed by atoms with E-state index in [1.807, 2.05) is 70.2 Å². The van der Waals surface area contributed by atoms with Gasteiger partial charge in [-0.05, 0) is 80.3 Å². The van der Waals surface area contributed by atoms with E-state index in [9.17, 15) is 9.59 Å². The van der Waals surface area contributed by atoms with E-state index in [-0.39, 0.29) is 17.4 Å². The van der Waals surface area contributed by atoms with Crippen molar-refractivity contribution in [3.63, 3.8) is 0 Å². The van der Waals surface area contributed by atoms with E-state index in [1.54, 1.807) is 22.7 Å². The van der Waals surface area contributed by atoms with Gasteiger partial charge in [0, 0.05) is 17.4 Å². The first-order chi connectivity index (χ1) is 14.8. The number of carbonyl (C=O) groups excluding carboxylic acids is 2. The van der Waals surface area contributed by atoms with Gasteiger partial charge in [-0.25, -0.2) is 0 Å². The standard InChI is InChI=1S/C26H25N3O2/c1-15-8-10-19(13-17(15)3)25(30)24-23(27)22(21-7-5-6-12-29(21)24)26(31)28-20-11-9-16(2)18(4)14-20/h5-14H,27H2,1-4H3,(H,28,31). The van der Waals surface area contributed by atoms with Crippen LogP contribution in [-0.2, 0) is 0 Å². The summed E-state index contributed by atoms with van der Waals surface area (Å²) in [6, 6.07) is 16.7. The van der Waals surface area contributed by atoms with Crippen LogP contribution in [0.1, 0.15) is 48.7 Å². The number of hydrogen-bond acceptors (Lipinski definition) is 3. The Bertz CT molecular complexity index is 1350. The van der Waals surface area contributed by atoms with Crippen molar-refractivity contribution < 1.29 is 9.59 Å². The van der Waals surface area contributed by atoms with Gasteiger partial charge in [0.05, 0.1) is 16.8 Å². The number of nitrogens with two attached hydrogens (primary N) is 1. The molecule has 3 N–H and O–H groups in total. The van der Waals surface area contributed by atoms with Gasteiger partial charge in [0.25, 0.3) is 5.91 Å². The third-order valence-electron chi connectivity index (χ3n) is 5.86. The molecule has 2 aromatic heterocycles. The molecule has 5 nitrogen and oxygen atoms in total. The lowest BCUT2D eigenvalue weighted by Gasteiger charge is -2.08. The highest BCUT2D eigenvalue weighted by Gasteiger charge is 2.26. The molecule has 0 spiro atoms. The average Bonchev–Trinajstić information content (AvgIpc) is 3.04. The summed E-state index contributed by atoms with van der Waals surface area (Å²) in [6.07, 6.45) is 1.76. The Morgan fingerprint density at radius 2 is 1.52 bits per heavy atom. The third-order valence-corrected chi connectivity index (χ3v) is 5.86. The van der Waals surface area contributed by atoms with Crippen molar-refractivity contribution in [2.24, 2.45) is 0 Å². The van der Waals surface area contributed by atoms with Crippen LogP contribution in [0.15, 0.2) is 60.8 Å². The van der Waals surface area contributed by atoms with E-state index in [0.29, 0.717) is 28.0 Å². The summed E-state index contributed by atoms with van der Waals surface area (Å²) >= 11 is 0. The highest BCUT2D eigenvalue weighted by Crippen LogP contribution is 2.30. The molecule has 0 radical (unpaired) electrons. The lowest BCUT2D eigenvalue weighted by molar-refractivity contribution is 0.102. The molecule has 2 aromatic carbocycles. The number of anilines is 2. The van der Waals surface area contributed by atoms with Gasteiger partial charge in [0.15, 0.2) is 0 Å². The van der Waals surface area contributed by atoms with Gasteiger partial charge in [-0.15, -0.1) is 0 Å². The van der Waals surface area contributed by atoms with E-state index < -0.39 is 0 Å². The number of carbonyl (C=O) groups is 2. The van der Waals surface area contributed by atoms with Crippen LogP contribution >= 0.6 is 0 Å². The maximum Gasteiger partial charge on any atom is 0.259 e. The molecule has 0 bridgehead atoms. The Morgan fingerprint density at radius 1 is 0.839 bits per heavy atom. The molecule has 156 valence electrons. The number of ketones is 1. The molecule has 1 amide bonds. The largest absolute Gasteiger partial charge is 0.396 e. The first kappa shape index (κ1) is 20.4. The van der Waals surface area contributed by atoms with Gasteiger partial charge >= 0.3 is 0 Å². The van der Waals surface area contributed by atoms with Crippen molar-refractivity contribution >= 4 is 28.6 Å². The van der Waals surface area contributed by atoms with Gasteiger partial charge in [-0.1, -0.05) is 24.3 Å². The van der Waals surface area contributed by atoms with Crippen LogP contribution in [0.5, 0.6) is 0 Å². The van der Waals surface area contributed by atoms with Crippen LogP contribution in [0.4, 0.5) is 11.4 Å². The Balaban J connectivity index is 1.81. The number of fused-ring (bicyclic) bond motifs is 1. The average molecular weight is 412 g/mol. The summed E-state index contributed by atoms with van der Waals surface area (Å²) in [5.74, 6) is -0.560. The maximum atomic E-state index is 13.4. The number of nitrogens with one attached hydrogen (secondary N) is 1. The smallest absolute Gasteiger partial charge is 0.259 e. The molecule has 4 aromatic rings. The summed E-state index contributed by atoms with van der Waals surface area (Å²) in [5.41, 5.74) is 13.4. The summed E-state index contributed by atoms with van der Waals surface area (Å²) in [4.78, 5) is 26.6. The Hall–Kier alpha value is -3.86. The molecule has 0 aliphatic carbocycles. The van der Waals surface area contributed by atoms with Crippen molar-refractivity contribution in [3.05, 3.63) is 99.9 Å². The summed E-state index contributed by atoms with van der Waals surface area (Å²) < 4.78 is 1.70. The first-order valence-corrected chi connectivity index (χ1v) is 10.2. The molecular weight excluding hydrogens is 386 g/mol. The molecule has 0 unspecified atom stereocenters. The van der Waals surface area contributed by atoms with Crippen LogP contribution in [-0.4, -0.2) is 16.1 Å². The van der Waals surface area contributed by atoms with Crippen LogP contribution in [0.3, 0.4) is 0 Å². The maximum absolute atomic E-state index is 13.4. The molecule has 0 saturated heterocycles. The van der Waals surface area contributed by atoms with E-state index in [0.717, 1.165) is 22.3 Å². The topological polar surface area (TPSA) is 76.6 Å². The molecule has 0 fully saturated rings. The summed E-state index contributed by atoms with van der Waals surface area (Å²) in [7, 11) is 0. The molecule has 31 heavy (non-hydrogen) atoms. The van der Waals surface area contributed by atoms with Crippen molar-refractivity contribution in [1.82, 2.24) is 4.40 Å². The molecule has 4 rings (SSSR count). The summed E-state index contributed by atoms with van der Waals surface area (Å²) in [6.45, 7) is 7.98. The quantitative estimate of drug-likeness (QED) is 0.451. The molecular formula is C26H25N3O2. The fraction of sp³-hybridized carbons (Fsp3) is 0.154. The van der Waals surface area contributed by atoms with Gasteiger partial charge < -0.3 is 15.5 Å². The predicted molar refractivity (Wildman–Crippen MR) is 125 cm³/mol. The van der Waals surface area contributed by atoms with Crippen molar-refractivity contribution in [2.45, 2.75) is 27.7 Å². The minimum atomic E-state index is -0.344. The zero-order chi connectivity index (χ0) is 22.3.